The number of nitrogens with zero attached hydrogens (tertiary/aromatic N) is 3. The van der Waals surface area contributed by atoms with Gasteiger partial charge in [-0.15, -0.1) is 0 Å². The Bertz CT molecular complexity index is 480. The summed E-state index contributed by atoms with van der Waals surface area (Å²) in [5.41, 5.74) is 5.50. The maximum atomic E-state index is 11.9. The van der Waals surface area contributed by atoms with Crippen LogP contribution in [0.15, 0.2) is 12.3 Å². The summed E-state index contributed by atoms with van der Waals surface area (Å²) in [5.74, 6) is 1.55. The molecule has 7 heteroatoms. The summed E-state index contributed by atoms with van der Waals surface area (Å²) in [6.45, 7) is 2.11. The van der Waals surface area contributed by atoms with E-state index < -0.39 is 0 Å². The van der Waals surface area contributed by atoms with Crippen molar-refractivity contribution < 1.29 is 9.59 Å². The van der Waals surface area contributed by atoms with E-state index in [1.54, 1.807) is 11.0 Å². The maximum absolute atomic E-state index is 11.9. The van der Waals surface area contributed by atoms with Gasteiger partial charge in [0.05, 0.1) is 0 Å². The SMILES string of the molecule is CC(=O)SCC1CC(=O)N(c2ccnc(N)n2)C1. The highest BCUT2D eigenvalue weighted by Gasteiger charge is 2.31. The third kappa shape index (κ3) is 2.98. The van der Waals surface area contributed by atoms with Crippen LogP contribution in [0.5, 0.6) is 0 Å². The highest BCUT2D eigenvalue weighted by molar-refractivity contribution is 8.13. The molecular formula is C11H14N4O2S. The first-order valence-corrected chi connectivity index (χ1v) is 6.57. The molecule has 1 amide bonds. The molecule has 18 heavy (non-hydrogen) atoms. The molecule has 2 rings (SSSR count). The summed E-state index contributed by atoms with van der Waals surface area (Å²) in [6, 6.07) is 1.66. The minimum absolute atomic E-state index is 0.0160. The maximum Gasteiger partial charge on any atom is 0.228 e. The lowest BCUT2D eigenvalue weighted by Gasteiger charge is -2.15. The number of nitrogen functional groups attached to an aromatic ring is 1. The highest BCUT2D eigenvalue weighted by atomic mass is 32.2. The summed E-state index contributed by atoms with van der Waals surface area (Å²) >= 11 is 1.26. The molecule has 1 aliphatic rings. The van der Waals surface area contributed by atoms with E-state index in [1.807, 2.05) is 0 Å². The van der Waals surface area contributed by atoms with E-state index in [2.05, 4.69) is 9.97 Å². The molecule has 1 aromatic heterocycles. The molecule has 1 fully saturated rings. The van der Waals surface area contributed by atoms with Crippen LogP contribution in [0.2, 0.25) is 0 Å². The van der Waals surface area contributed by atoms with Crippen molar-refractivity contribution in [2.75, 3.05) is 22.9 Å². The number of hydrogen-bond acceptors (Lipinski definition) is 6. The molecule has 0 radical (unpaired) electrons. The van der Waals surface area contributed by atoms with Crippen molar-refractivity contribution in [2.45, 2.75) is 13.3 Å². The Hall–Kier alpha value is -1.63. The van der Waals surface area contributed by atoms with Gasteiger partial charge in [-0.25, -0.2) is 4.98 Å². The van der Waals surface area contributed by atoms with Crippen LogP contribution in [0.1, 0.15) is 13.3 Å². The van der Waals surface area contributed by atoms with Crippen molar-refractivity contribution in [1.82, 2.24) is 9.97 Å². The zero-order valence-corrected chi connectivity index (χ0v) is 10.8. The van der Waals surface area contributed by atoms with Gasteiger partial charge >= 0.3 is 0 Å². The molecule has 1 saturated heterocycles. The first-order chi connectivity index (χ1) is 8.56. The quantitative estimate of drug-likeness (QED) is 0.866. The van der Waals surface area contributed by atoms with Crippen LogP contribution >= 0.6 is 11.8 Å². The second-order valence-electron chi connectivity index (χ2n) is 4.15. The minimum atomic E-state index is 0.0160. The van der Waals surface area contributed by atoms with Crippen molar-refractivity contribution in [3.8, 4) is 0 Å². The van der Waals surface area contributed by atoms with Crippen LogP contribution in [-0.4, -0.2) is 33.3 Å². The molecule has 0 spiro atoms. The number of carbonyl (C=O) groups is 2. The first-order valence-electron chi connectivity index (χ1n) is 5.58. The third-order valence-electron chi connectivity index (χ3n) is 2.66. The van der Waals surface area contributed by atoms with Gasteiger partial charge in [0.2, 0.25) is 11.9 Å². The number of hydrogen-bond donors (Lipinski definition) is 1. The second kappa shape index (κ2) is 5.34. The monoisotopic (exact) mass is 266 g/mol. The Morgan fingerprint density at radius 3 is 3.11 bits per heavy atom. The van der Waals surface area contributed by atoms with E-state index in [0.717, 1.165) is 0 Å². The van der Waals surface area contributed by atoms with E-state index >= 15 is 0 Å². The van der Waals surface area contributed by atoms with E-state index in [9.17, 15) is 9.59 Å². The third-order valence-corrected chi connectivity index (χ3v) is 3.71. The van der Waals surface area contributed by atoms with Gasteiger partial charge in [-0.3, -0.25) is 14.5 Å². The number of aromatic nitrogens is 2. The number of rotatable bonds is 3. The zero-order valence-electron chi connectivity index (χ0n) is 10.00. The van der Waals surface area contributed by atoms with Gasteiger partial charge in [0.15, 0.2) is 5.12 Å². The van der Waals surface area contributed by atoms with Gasteiger partial charge in [0.25, 0.3) is 0 Å². The molecule has 96 valence electrons. The molecule has 1 aliphatic heterocycles. The van der Waals surface area contributed by atoms with Crippen molar-refractivity contribution in [1.29, 1.82) is 0 Å². The predicted molar refractivity (Wildman–Crippen MR) is 70.0 cm³/mol. The van der Waals surface area contributed by atoms with Crippen molar-refractivity contribution in [2.24, 2.45) is 5.92 Å². The van der Waals surface area contributed by atoms with Gasteiger partial charge in [-0.1, -0.05) is 11.8 Å². The van der Waals surface area contributed by atoms with Crippen LogP contribution < -0.4 is 10.6 Å². The molecule has 6 nitrogen and oxygen atoms in total. The molecular weight excluding hydrogens is 252 g/mol. The van der Waals surface area contributed by atoms with E-state index in [4.69, 9.17) is 5.73 Å². The average Bonchev–Trinajstić information content (AvgIpc) is 2.68. The molecule has 0 aliphatic carbocycles. The highest BCUT2D eigenvalue weighted by Crippen LogP contribution is 2.26. The molecule has 0 saturated carbocycles. The summed E-state index contributed by atoms with van der Waals surface area (Å²) in [5, 5.41) is 0.0761. The summed E-state index contributed by atoms with van der Waals surface area (Å²) in [7, 11) is 0. The van der Waals surface area contributed by atoms with Crippen LogP contribution in [0.4, 0.5) is 11.8 Å². The molecule has 2 N–H and O–H groups in total. The lowest BCUT2D eigenvalue weighted by Crippen LogP contribution is -2.26. The normalized spacial score (nSPS) is 19.3. The molecule has 0 bridgehead atoms. The van der Waals surface area contributed by atoms with Gasteiger partial charge in [0, 0.05) is 31.8 Å². The van der Waals surface area contributed by atoms with Crippen molar-refractivity contribution in [3.05, 3.63) is 12.3 Å². The van der Waals surface area contributed by atoms with Crippen molar-refractivity contribution in [3.63, 3.8) is 0 Å². The van der Waals surface area contributed by atoms with E-state index in [0.29, 0.717) is 24.5 Å². The number of nitrogens with two attached hydrogens (primary N) is 1. The van der Waals surface area contributed by atoms with Gasteiger partial charge in [-0.05, 0) is 12.0 Å². The summed E-state index contributed by atoms with van der Waals surface area (Å²) in [4.78, 5) is 32.2. The summed E-state index contributed by atoms with van der Waals surface area (Å²) in [6.07, 6.45) is 1.98. The fraction of sp³-hybridized carbons (Fsp3) is 0.455. The fourth-order valence-electron chi connectivity index (χ4n) is 1.86. The number of amides is 1. The Morgan fingerprint density at radius 1 is 1.67 bits per heavy atom. The Morgan fingerprint density at radius 2 is 2.44 bits per heavy atom. The van der Waals surface area contributed by atoms with E-state index in [1.165, 1.54) is 24.9 Å². The lowest BCUT2D eigenvalue weighted by atomic mass is 10.1. The molecule has 0 aromatic carbocycles. The predicted octanol–water partition coefficient (Wildman–Crippen LogP) is 0.691. The first kappa shape index (κ1) is 12.8. The Balaban J connectivity index is 2.03. The lowest BCUT2D eigenvalue weighted by molar-refractivity contribution is -0.117. The average molecular weight is 266 g/mol. The smallest absolute Gasteiger partial charge is 0.228 e. The topological polar surface area (TPSA) is 89.2 Å². The summed E-state index contributed by atoms with van der Waals surface area (Å²) < 4.78 is 0. The van der Waals surface area contributed by atoms with Crippen LogP contribution in [0.25, 0.3) is 0 Å². The zero-order chi connectivity index (χ0) is 13.1. The number of carbonyl (C=O) groups excluding carboxylic acids is 2. The molecule has 2 heterocycles. The number of anilines is 2. The van der Waals surface area contributed by atoms with E-state index in [-0.39, 0.29) is 22.9 Å². The van der Waals surface area contributed by atoms with Crippen LogP contribution in [0.3, 0.4) is 0 Å². The largest absolute Gasteiger partial charge is 0.368 e. The van der Waals surface area contributed by atoms with Gasteiger partial charge < -0.3 is 5.73 Å². The fourth-order valence-corrected chi connectivity index (χ4v) is 2.56. The van der Waals surface area contributed by atoms with Crippen LogP contribution in [-0.2, 0) is 9.59 Å². The van der Waals surface area contributed by atoms with Crippen LogP contribution in [0, 0.1) is 5.92 Å². The second-order valence-corrected chi connectivity index (χ2v) is 5.35. The number of thioether (sulfide) groups is 1. The minimum Gasteiger partial charge on any atom is -0.368 e. The Labute approximate surface area is 109 Å². The van der Waals surface area contributed by atoms with Crippen molar-refractivity contribution >= 4 is 34.6 Å². The Kier molecular flexibility index (Phi) is 3.81. The van der Waals surface area contributed by atoms with Gasteiger partial charge in [-0.2, -0.15) is 4.98 Å². The molecule has 1 unspecified atom stereocenters. The molecule has 1 atom stereocenters. The standard InChI is InChI=1S/C11H14N4O2S/c1-7(16)18-6-8-4-10(17)15(5-8)9-2-3-13-11(12)14-9/h2-3,8H,4-6H2,1H3,(H2,12,13,14). The molecule has 1 aromatic rings. The van der Waals surface area contributed by atoms with Gasteiger partial charge in [0.1, 0.15) is 5.82 Å².